The lowest BCUT2D eigenvalue weighted by Gasteiger charge is -2.31. The molecule has 0 fully saturated rings. The lowest BCUT2D eigenvalue weighted by Crippen LogP contribution is -2.41. The Hall–Kier alpha value is 0.500. The van der Waals surface area contributed by atoms with E-state index in [1.807, 2.05) is 6.92 Å². The van der Waals surface area contributed by atoms with Gasteiger partial charge in [-0.2, -0.15) is 0 Å². The van der Waals surface area contributed by atoms with Crippen molar-refractivity contribution in [2.24, 2.45) is 23.3 Å². The molecule has 4 heteroatoms. The zero-order valence-electron chi connectivity index (χ0n) is 7.69. The third kappa shape index (κ3) is 3.48. The smallest absolute Gasteiger partial charge is 0.169 e. The molecule has 0 spiro atoms. The summed E-state index contributed by atoms with van der Waals surface area (Å²) in [4.78, 5) is 0. The first-order valence-corrected chi connectivity index (χ1v) is 5.09. The van der Waals surface area contributed by atoms with Crippen LogP contribution in [0.4, 0.5) is 0 Å². The predicted molar refractivity (Wildman–Crippen MR) is 55.2 cm³/mol. The van der Waals surface area contributed by atoms with Crippen molar-refractivity contribution in [1.82, 2.24) is 0 Å². The lowest BCUT2D eigenvalue weighted by atomic mass is 9.87. The highest BCUT2D eigenvalue weighted by atomic mass is 35.5. The molecule has 0 radical (unpaired) electrons. The van der Waals surface area contributed by atoms with Gasteiger partial charge in [0.1, 0.15) is 0 Å². The maximum Gasteiger partial charge on any atom is 0.169 e. The summed E-state index contributed by atoms with van der Waals surface area (Å²) < 4.78 is -1.14. The minimum absolute atomic E-state index is 0.0795. The Labute approximate surface area is 84.6 Å². The summed E-state index contributed by atoms with van der Waals surface area (Å²) in [5, 5.41) is 0. The van der Waals surface area contributed by atoms with Crippen molar-refractivity contribution >= 4 is 23.2 Å². The highest BCUT2D eigenvalue weighted by molar-refractivity contribution is 6.48. The Balaban J connectivity index is 4.31. The van der Waals surface area contributed by atoms with Crippen LogP contribution in [0.1, 0.15) is 26.7 Å². The van der Waals surface area contributed by atoms with E-state index < -0.39 is 4.46 Å². The zero-order valence-corrected chi connectivity index (χ0v) is 9.20. The van der Waals surface area contributed by atoms with Gasteiger partial charge in [0.05, 0.1) is 0 Å². The highest BCUT2D eigenvalue weighted by Gasteiger charge is 2.33. The molecule has 0 amide bonds. The molecular weight excluding hydrogens is 195 g/mol. The quantitative estimate of drug-likeness (QED) is 0.542. The summed E-state index contributed by atoms with van der Waals surface area (Å²) >= 11 is 11.7. The van der Waals surface area contributed by atoms with E-state index in [1.165, 1.54) is 0 Å². The van der Waals surface area contributed by atoms with E-state index in [0.717, 1.165) is 12.8 Å². The van der Waals surface area contributed by atoms with Crippen LogP contribution in [0.25, 0.3) is 0 Å². The van der Waals surface area contributed by atoms with E-state index in [9.17, 15) is 0 Å². The Morgan fingerprint density at radius 1 is 1.25 bits per heavy atom. The van der Waals surface area contributed by atoms with Gasteiger partial charge in [-0.1, -0.05) is 43.5 Å². The van der Waals surface area contributed by atoms with E-state index >= 15 is 0 Å². The van der Waals surface area contributed by atoms with Crippen LogP contribution < -0.4 is 11.5 Å². The molecule has 0 heterocycles. The van der Waals surface area contributed by atoms with Crippen LogP contribution in [0.3, 0.4) is 0 Å². The van der Waals surface area contributed by atoms with Crippen LogP contribution in [0.5, 0.6) is 0 Å². The zero-order chi connectivity index (χ0) is 9.78. The molecule has 0 saturated carbocycles. The number of hydrogen-bond acceptors (Lipinski definition) is 2. The van der Waals surface area contributed by atoms with Gasteiger partial charge in [0.15, 0.2) is 4.46 Å². The number of rotatable bonds is 5. The second-order valence-electron chi connectivity index (χ2n) is 3.09. The molecule has 2 nitrogen and oxygen atoms in total. The molecule has 0 saturated heterocycles. The maximum absolute atomic E-state index is 5.84. The molecule has 0 aromatic heterocycles. The molecule has 0 bridgehead atoms. The van der Waals surface area contributed by atoms with Gasteiger partial charge in [0.25, 0.3) is 0 Å². The predicted octanol–water partition coefficient (Wildman–Crippen LogP) is 2.09. The first-order valence-electron chi connectivity index (χ1n) is 4.34. The van der Waals surface area contributed by atoms with Crippen molar-refractivity contribution in [2.75, 3.05) is 6.54 Å². The van der Waals surface area contributed by atoms with Gasteiger partial charge >= 0.3 is 0 Å². The summed E-state index contributed by atoms with van der Waals surface area (Å²) in [6, 6.07) is 0. The Morgan fingerprint density at radius 2 is 1.75 bits per heavy atom. The Kier molecular flexibility index (Phi) is 5.50. The van der Waals surface area contributed by atoms with Crippen molar-refractivity contribution < 1.29 is 0 Å². The van der Waals surface area contributed by atoms with Crippen LogP contribution >= 0.6 is 23.2 Å². The van der Waals surface area contributed by atoms with Gasteiger partial charge in [-0.3, -0.25) is 5.73 Å². The van der Waals surface area contributed by atoms with Gasteiger partial charge in [0, 0.05) is 5.92 Å². The van der Waals surface area contributed by atoms with Gasteiger partial charge in [-0.15, -0.1) is 0 Å². The standard InChI is InChI=1S/C8H18Cl2N2/c1-3-6(5-11)7(4-2)8(9,10)12/h6-7H,3-5,11-12H2,1-2H3. The van der Waals surface area contributed by atoms with Gasteiger partial charge in [0.2, 0.25) is 0 Å². The van der Waals surface area contributed by atoms with E-state index in [1.54, 1.807) is 0 Å². The molecule has 2 unspecified atom stereocenters. The summed E-state index contributed by atoms with van der Waals surface area (Å²) in [7, 11) is 0. The minimum atomic E-state index is -1.14. The fourth-order valence-corrected chi connectivity index (χ4v) is 2.20. The van der Waals surface area contributed by atoms with Crippen LogP contribution in [-0.4, -0.2) is 11.0 Å². The monoisotopic (exact) mass is 212 g/mol. The number of hydrogen-bond donors (Lipinski definition) is 2. The summed E-state index contributed by atoms with van der Waals surface area (Å²) in [5.74, 6) is 0.394. The first kappa shape index (κ1) is 12.5. The summed E-state index contributed by atoms with van der Waals surface area (Å²) in [6.45, 7) is 4.68. The van der Waals surface area contributed by atoms with Gasteiger partial charge in [-0.05, 0) is 18.9 Å². The van der Waals surface area contributed by atoms with Crippen molar-refractivity contribution in [3.8, 4) is 0 Å². The second-order valence-corrected chi connectivity index (χ2v) is 4.54. The first-order chi connectivity index (χ1) is 5.47. The Bertz CT molecular complexity index is 119. The third-order valence-corrected chi connectivity index (χ3v) is 2.89. The molecule has 12 heavy (non-hydrogen) atoms. The highest BCUT2D eigenvalue weighted by Crippen LogP contribution is 2.34. The largest absolute Gasteiger partial charge is 0.330 e. The molecule has 2 atom stereocenters. The average molecular weight is 213 g/mol. The molecule has 0 aliphatic rings. The fraction of sp³-hybridized carbons (Fsp3) is 1.00. The number of alkyl halides is 2. The Morgan fingerprint density at radius 3 is 1.83 bits per heavy atom. The number of nitrogens with two attached hydrogens (primary N) is 2. The van der Waals surface area contributed by atoms with Crippen LogP contribution in [0.2, 0.25) is 0 Å². The molecule has 0 aliphatic heterocycles. The van der Waals surface area contributed by atoms with Crippen molar-refractivity contribution in [3.05, 3.63) is 0 Å². The van der Waals surface area contributed by atoms with E-state index in [4.69, 9.17) is 34.7 Å². The van der Waals surface area contributed by atoms with Crippen molar-refractivity contribution in [1.29, 1.82) is 0 Å². The average Bonchev–Trinajstić information content (AvgIpc) is 1.97. The molecule has 0 aliphatic carbocycles. The molecule has 74 valence electrons. The van der Waals surface area contributed by atoms with Crippen molar-refractivity contribution in [2.45, 2.75) is 31.1 Å². The van der Waals surface area contributed by atoms with E-state index in [2.05, 4.69) is 6.92 Å². The van der Waals surface area contributed by atoms with E-state index in [0.29, 0.717) is 12.5 Å². The topological polar surface area (TPSA) is 52.0 Å². The minimum Gasteiger partial charge on any atom is -0.330 e. The maximum atomic E-state index is 5.84. The lowest BCUT2D eigenvalue weighted by molar-refractivity contribution is 0.291. The van der Waals surface area contributed by atoms with Crippen LogP contribution in [-0.2, 0) is 0 Å². The third-order valence-electron chi connectivity index (χ3n) is 2.33. The molecule has 0 aromatic carbocycles. The molecule has 0 rings (SSSR count). The van der Waals surface area contributed by atoms with Crippen molar-refractivity contribution in [3.63, 3.8) is 0 Å². The van der Waals surface area contributed by atoms with Crippen LogP contribution in [0.15, 0.2) is 0 Å². The van der Waals surface area contributed by atoms with Crippen LogP contribution in [0, 0.1) is 11.8 Å². The normalized spacial score (nSPS) is 17.5. The molecule has 0 aromatic rings. The number of halogens is 2. The SMILES string of the molecule is CCC(CN)C(CC)C(N)(Cl)Cl. The molecule has 4 N–H and O–H groups in total. The second kappa shape index (κ2) is 5.28. The van der Waals surface area contributed by atoms with Gasteiger partial charge < -0.3 is 5.73 Å². The molecular formula is C8H18Cl2N2. The fourth-order valence-electron chi connectivity index (χ4n) is 1.54. The summed E-state index contributed by atoms with van der Waals surface area (Å²) in [5.41, 5.74) is 11.2. The van der Waals surface area contributed by atoms with E-state index in [-0.39, 0.29) is 5.92 Å². The van der Waals surface area contributed by atoms with Gasteiger partial charge in [-0.25, -0.2) is 0 Å². The summed E-state index contributed by atoms with van der Waals surface area (Å²) in [6.07, 6.45) is 1.83.